The van der Waals surface area contributed by atoms with Crippen molar-refractivity contribution in [3.63, 3.8) is 0 Å². The Labute approximate surface area is 281 Å². The largest absolute Gasteiger partial charge is 0.496 e. The van der Waals surface area contributed by atoms with Crippen molar-refractivity contribution in [3.8, 4) is 5.75 Å². The van der Waals surface area contributed by atoms with E-state index in [1.54, 1.807) is 53.4 Å². The summed E-state index contributed by atoms with van der Waals surface area (Å²) in [5.41, 5.74) is 2.84. The molecule has 5 rings (SSSR count). The molecule has 1 atom stereocenters. The standard InChI is InChI=1S/C34H38Cl2N4O4.ClH/c1-38(2)25-14-17-39(18-15-25)32(41)19-22-7-6-16-40(30-13-10-23(35)20-28(22)30)34(43)27-12-11-24(21-31(27)44-3)37-33(42)26-8-4-5-9-29(26)36;/h4-5,8-13,20-22,25H,6-7,14-19H2,1-3H3,(H,37,42);1H. The minimum atomic E-state index is -0.363. The van der Waals surface area contributed by atoms with Gasteiger partial charge >= 0.3 is 0 Å². The van der Waals surface area contributed by atoms with Crippen LogP contribution in [0.25, 0.3) is 0 Å². The van der Waals surface area contributed by atoms with Gasteiger partial charge in [0.15, 0.2) is 0 Å². The number of nitrogens with one attached hydrogen (secondary N) is 1. The van der Waals surface area contributed by atoms with Crippen LogP contribution in [-0.4, -0.2) is 74.4 Å². The molecule has 1 unspecified atom stereocenters. The van der Waals surface area contributed by atoms with Gasteiger partial charge in [-0.15, -0.1) is 12.4 Å². The molecule has 0 aliphatic carbocycles. The van der Waals surface area contributed by atoms with Crippen LogP contribution in [0.2, 0.25) is 10.0 Å². The van der Waals surface area contributed by atoms with Gasteiger partial charge in [-0.05, 0) is 93.7 Å². The van der Waals surface area contributed by atoms with Crippen LogP contribution >= 0.6 is 35.6 Å². The fourth-order valence-corrected chi connectivity index (χ4v) is 6.60. The third kappa shape index (κ3) is 7.93. The SMILES string of the molecule is COc1cc(NC(=O)c2ccccc2Cl)ccc1C(=O)N1CCCC(CC(=O)N2CCC(N(C)C)CC2)c2cc(Cl)ccc21.Cl. The highest BCUT2D eigenvalue weighted by atomic mass is 35.5. The number of rotatable bonds is 7. The first-order chi connectivity index (χ1) is 21.2. The second kappa shape index (κ2) is 15.3. The second-order valence-corrected chi connectivity index (χ2v) is 12.5. The molecule has 3 aromatic rings. The Morgan fingerprint density at radius 3 is 2.36 bits per heavy atom. The zero-order valence-corrected chi connectivity index (χ0v) is 28.1. The maximum Gasteiger partial charge on any atom is 0.262 e. The van der Waals surface area contributed by atoms with Gasteiger partial charge in [0.2, 0.25) is 5.91 Å². The number of amides is 3. The van der Waals surface area contributed by atoms with E-state index in [4.69, 9.17) is 27.9 Å². The average molecular weight is 674 g/mol. The van der Waals surface area contributed by atoms with Crippen molar-refractivity contribution in [2.45, 2.75) is 44.1 Å². The van der Waals surface area contributed by atoms with Crippen LogP contribution in [0.4, 0.5) is 11.4 Å². The number of ether oxygens (including phenoxy) is 1. The number of piperidine rings is 1. The van der Waals surface area contributed by atoms with E-state index in [0.29, 0.717) is 51.6 Å². The van der Waals surface area contributed by atoms with Gasteiger partial charge in [0.25, 0.3) is 11.8 Å². The molecule has 2 heterocycles. The van der Waals surface area contributed by atoms with Crippen molar-refractivity contribution in [1.29, 1.82) is 0 Å². The number of anilines is 2. The summed E-state index contributed by atoms with van der Waals surface area (Å²) >= 11 is 12.7. The second-order valence-electron chi connectivity index (χ2n) is 11.6. The summed E-state index contributed by atoms with van der Waals surface area (Å²) in [6, 6.07) is 17.8. The number of carbonyl (C=O) groups excluding carboxylic acids is 3. The lowest BCUT2D eigenvalue weighted by atomic mass is 9.90. The van der Waals surface area contributed by atoms with Crippen LogP contribution in [0.3, 0.4) is 0 Å². The predicted molar refractivity (Wildman–Crippen MR) is 183 cm³/mol. The summed E-state index contributed by atoms with van der Waals surface area (Å²) in [6.45, 7) is 2.01. The Hall–Kier alpha value is -3.30. The number of hydrogen-bond acceptors (Lipinski definition) is 5. The molecule has 1 saturated heterocycles. The number of likely N-dealkylation sites (tertiary alicyclic amines) is 1. The van der Waals surface area contributed by atoms with Crippen LogP contribution in [0.15, 0.2) is 60.7 Å². The molecule has 1 N–H and O–H groups in total. The molecule has 2 aliphatic rings. The predicted octanol–water partition coefficient (Wildman–Crippen LogP) is 7.14. The highest BCUT2D eigenvalue weighted by Crippen LogP contribution is 2.40. The van der Waals surface area contributed by atoms with Gasteiger partial charge in [-0.1, -0.05) is 35.3 Å². The van der Waals surface area contributed by atoms with Crippen molar-refractivity contribution in [3.05, 3.63) is 87.4 Å². The van der Waals surface area contributed by atoms with Crippen LogP contribution in [0.1, 0.15) is 64.3 Å². The van der Waals surface area contributed by atoms with E-state index < -0.39 is 0 Å². The summed E-state index contributed by atoms with van der Waals surface area (Å²) in [7, 11) is 5.67. The third-order valence-electron chi connectivity index (χ3n) is 8.68. The Morgan fingerprint density at radius 1 is 0.933 bits per heavy atom. The lowest BCUT2D eigenvalue weighted by Crippen LogP contribution is -2.44. The summed E-state index contributed by atoms with van der Waals surface area (Å²) in [6.07, 6.45) is 3.82. The number of benzene rings is 3. The number of carbonyl (C=O) groups is 3. The van der Waals surface area contributed by atoms with Gasteiger partial charge in [0.1, 0.15) is 5.75 Å². The monoisotopic (exact) mass is 672 g/mol. The number of nitrogens with zero attached hydrogens (tertiary/aromatic N) is 3. The summed E-state index contributed by atoms with van der Waals surface area (Å²) in [5, 5.41) is 3.74. The van der Waals surface area contributed by atoms with Gasteiger partial charge in [-0.3, -0.25) is 14.4 Å². The van der Waals surface area contributed by atoms with E-state index in [1.165, 1.54) is 7.11 Å². The van der Waals surface area contributed by atoms with Crippen molar-refractivity contribution >= 4 is 64.7 Å². The van der Waals surface area contributed by atoms with E-state index >= 15 is 0 Å². The first-order valence-corrected chi connectivity index (χ1v) is 15.7. The van der Waals surface area contributed by atoms with Gasteiger partial charge in [-0.25, -0.2) is 0 Å². The highest BCUT2D eigenvalue weighted by Gasteiger charge is 2.32. The summed E-state index contributed by atoms with van der Waals surface area (Å²) < 4.78 is 5.61. The first-order valence-electron chi connectivity index (χ1n) is 15.0. The summed E-state index contributed by atoms with van der Waals surface area (Å²) in [4.78, 5) is 46.3. The van der Waals surface area contributed by atoms with Crippen LogP contribution < -0.4 is 15.0 Å². The Balaban J connectivity index is 0.00000461. The maximum atomic E-state index is 14.1. The molecule has 0 spiro atoms. The smallest absolute Gasteiger partial charge is 0.262 e. The Kier molecular flexibility index (Phi) is 11.8. The van der Waals surface area contributed by atoms with E-state index in [1.807, 2.05) is 17.0 Å². The van der Waals surface area contributed by atoms with Gasteiger partial charge in [0.05, 0.1) is 23.3 Å². The van der Waals surface area contributed by atoms with E-state index in [9.17, 15) is 14.4 Å². The van der Waals surface area contributed by atoms with Crippen LogP contribution in [0, 0.1) is 0 Å². The number of fused-ring (bicyclic) bond motifs is 1. The number of halogens is 3. The lowest BCUT2D eigenvalue weighted by molar-refractivity contribution is -0.133. The van der Waals surface area contributed by atoms with Crippen molar-refractivity contribution in [2.75, 3.05) is 51.1 Å². The quantitative estimate of drug-likeness (QED) is 0.288. The molecule has 3 amide bonds. The fourth-order valence-electron chi connectivity index (χ4n) is 6.20. The van der Waals surface area contributed by atoms with Gasteiger partial charge in [0, 0.05) is 54.6 Å². The zero-order valence-electron chi connectivity index (χ0n) is 25.7. The van der Waals surface area contributed by atoms with E-state index in [-0.39, 0.29) is 36.0 Å². The topological polar surface area (TPSA) is 82.2 Å². The summed E-state index contributed by atoms with van der Waals surface area (Å²) in [5.74, 6) is -0.164. The maximum absolute atomic E-state index is 14.1. The molecule has 11 heteroatoms. The minimum absolute atomic E-state index is 0. The minimum Gasteiger partial charge on any atom is -0.496 e. The van der Waals surface area contributed by atoms with E-state index in [2.05, 4.69) is 24.3 Å². The lowest BCUT2D eigenvalue weighted by Gasteiger charge is -2.36. The molecule has 0 aromatic heterocycles. The molecule has 3 aromatic carbocycles. The molecule has 45 heavy (non-hydrogen) atoms. The number of methoxy groups -OCH3 is 1. The average Bonchev–Trinajstić information content (AvgIpc) is 3.19. The fraction of sp³-hybridized carbons (Fsp3) is 0.382. The Bertz CT molecular complexity index is 1540. The first kappa shape index (κ1) is 34.6. The number of hydrogen-bond donors (Lipinski definition) is 1. The molecular formula is C34H39Cl3N4O4. The van der Waals surface area contributed by atoms with E-state index in [0.717, 1.165) is 50.0 Å². The molecule has 0 bridgehead atoms. The molecule has 1 fully saturated rings. The molecular weight excluding hydrogens is 635 g/mol. The van der Waals surface area contributed by atoms with Gasteiger partial charge in [-0.2, -0.15) is 0 Å². The molecule has 8 nitrogen and oxygen atoms in total. The van der Waals surface area contributed by atoms with Crippen LogP contribution in [0.5, 0.6) is 5.75 Å². The zero-order chi connectivity index (χ0) is 31.4. The Morgan fingerprint density at radius 2 is 1.67 bits per heavy atom. The molecule has 0 saturated carbocycles. The molecule has 2 aliphatic heterocycles. The van der Waals surface area contributed by atoms with Crippen LogP contribution in [-0.2, 0) is 4.79 Å². The van der Waals surface area contributed by atoms with Crippen molar-refractivity contribution in [1.82, 2.24) is 9.80 Å². The van der Waals surface area contributed by atoms with Crippen molar-refractivity contribution in [2.24, 2.45) is 0 Å². The molecule has 0 radical (unpaired) electrons. The third-order valence-corrected chi connectivity index (χ3v) is 9.24. The van der Waals surface area contributed by atoms with Crippen molar-refractivity contribution < 1.29 is 19.1 Å². The normalized spacial score (nSPS) is 16.8. The van der Waals surface area contributed by atoms with Gasteiger partial charge < -0.3 is 24.8 Å². The molecule has 240 valence electrons. The highest BCUT2D eigenvalue weighted by molar-refractivity contribution is 6.34.